The molecule has 1 amide bonds. The fourth-order valence-corrected chi connectivity index (χ4v) is 3.31. The summed E-state index contributed by atoms with van der Waals surface area (Å²) < 4.78 is 11.8. The van der Waals surface area contributed by atoms with E-state index in [9.17, 15) is 9.90 Å². The molecule has 0 bridgehead atoms. The van der Waals surface area contributed by atoms with Gasteiger partial charge in [-0.25, -0.2) is 4.68 Å². The number of rotatable bonds is 7. The zero-order valence-corrected chi connectivity index (χ0v) is 17.6. The lowest BCUT2D eigenvalue weighted by atomic mass is 10.0. The van der Waals surface area contributed by atoms with Crippen LogP contribution in [0.5, 0.6) is 17.4 Å². The van der Waals surface area contributed by atoms with Crippen molar-refractivity contribution in [1.82, 2.24) is 15.0 Å². The Morgan fingerprint density at radius 1 is 0.938 bits per heavy atom. The fourth-order valence-electron chi connectivity index (χ4n) is 3.31. The van der Waals surface area contributed by atoms with E-state index in [1.807, 2.05) is 66.7 Å². The molecule has 4 rings (SSSR count). The highest BCUT2D eigenvalue weighted by molar-refractivity contribution is 6.04. The number of ether oxygens (including phenoxy) is 2. The zero-order valence-electron chi connectivity index (χ0n) is 17.6. The van der Waals surface area contributed by atoms with E-state index in [0.29, 0.717) is 5.69 Å². The number of methoxy groups -OCH3 is 2. The predicted octanol–water partition coefficient (Wildman–Crippen LogP) is 3.97. The Labute approximate surface area is 185 Å². The lowest BCUT2D eigenvalue weighted by Gasteiger charge is -2.10. The van der Waals surface area contributed by atoms with Crippen molar-refractivity contribution >= 4 is 11.6 Å². The molecule has 0 aliphatic carbocycles. The number of hydrogen-bond acceptors (Lipinski definition) is 6. The fraction of sp³-hybridized carbons (Fsp3) is 0.125. The number of carbonyl (C=O) groups is 1. The first-order valence-corrected chi connectivity index (χ1v) is 9.88. The van der Waals surface area contributed by atoms with Gasteiger partial charge in [-0.1, -0.05) is 46.7 Å². The quantitative estimate of drug-likeness (QED) is 0.460. The molecule has 8 nitrogen and oxygen atoms in total. The molecule has 162 valence electrons. The normalized spacial score (nSPS) is 10.6. The van der Waals surface area contributed by atoms with Gasteiger partial charge in [-0.05, 0) is 53.1 Å². The van der Waals surface area contributed by atoms with E-state index in [0.717, 1.165) is 28.2 Å². The van der Waals surface area contributed by atoms with Crippen LogP contribution < -0.4 is 14.8 Å². The molecule has 32 heavy (non-hydrogen) atoms. The van der Waals surface area contributed by atoms with Crippen LogP contribution in [0.3, 0.4) is 0 Å². The number of amides is 1. The van der Waals surface area contributed by atoms with Crippen molar-refractivity contribution in [1.29, 1.82) is 0 Å². The average Bonchev–Trinajstić information content (AvgIpc) is 3.19. The van der Waals surface area contributed by atoms with Gasteiger partial charge in [-0.3, -0.25) is 4.79 Å². The summed E-state index contributed by atoms with van der Waals surface area (Å²) in [6.45, 7) is 0.268. The number of anilines is 1. The molecule has 4 aromatic rings. The lowest BCUT2D eigenvalue weighted by molar-refractivity contribution is 0.101. The van der Waals surface area contributed by atoms with Crippen molar-refractivity contribution in [3.05, 3.63) is 84.1 Å². The van der Waals surface area contributed by atoms with Crippen LogP contribution >= 0.6 is 0 Å². The largest absolute Gasteiger partial charge is 0.497 e. The number of aromatic hydroxyl groups is 1. The molecule has 0 aliphatic heterocycles. The summed E-state index contributed by atoms with van der Waals surface area (Å²) in [6.07, 6.45) is 0. The molecule has 0 saturated carbocycles. The maximum atomic E-state index is 12.9. The standard InChI is InChI=1S/C24H22N4O4/c1-31-20-11-9-16(10-12-20)15-28-22(24(30)26-27-28)23(29)25-19-7-3-5-17(13-19)18-6-4-8-21(14-18)32-2/h3-14,30H,15H2,1-2H3,(H,25,29). The van der Waals surface area contributed by atoms with Gasteiger partial charge < -0.3 is 19.9 Å². The number of nitrogens with one attached hydrogen (secondary N) is 1. The van der Waals surface area contributed by atoms with Gasteiger partial charge in [0.15, 0.2) is 5.69 Å². The number of nitrogens with zero attached hydrogens (tertiary/aromatic N) is 3. The number of benzene rings is 3. The minimum Gasteiger partial charge on any atom is -0.497 e. The van der Waals surface area contributed by atoms with Crippen LogP contribution in [-0.4, -0.2) is 40.2 Å². The third kappa shape index (κ3) is 4.54. The second-order valence-corrected chi connectivity index (χ2v) is 7.03. The minimum atomic E-state index is -0.510. The summed E-state index contributed by atoms with van der Waals surface area (Å²) in [5.41, 5.74) is 3.30. The number of aromatic nitrogens is 3. The number of hydrogen-bond donors (Lipinski definition) is 2. The second kappa shape index (κ2) is 9.22. The average molecular weight is 430 g/mol. The molecule has 3 aromatic carbocycles. The Morgan fingerprint density at radius 3 is 2.34 bits per heavy atom. The third-order valence-corrected chi connectivity index (χ3v) is 4.95. The van der Waals surface area contributed by atoms with E-state index < -0.39 is 11.8 Å². The number of carbonyl (C=O) groups excluding carboxylic acids is 1. The summed E-state index contributed by atoms with van der Waals surface area (Å²) in [7, 11) is 3.21. The Hall–Kier alpha value is -4.33. The molecule has 0 aliphatic rings. The molecule has 2 N–H and O–H groups in total. The highest BCUT2D eigenvalue weighted by atomic mass is 16.5. The van der Waals surface area contributed by atoms with Crippen molar-refractivity contribution < 1.29 is 19.4 Å². The van der Waals surface area contributed by atoms with Crippen molar-refractivity contribution in [2.24, 2.45) is 0 Å². The van der Waals surface area contributed by atoms with E-state index >= 15 is 0 Å². The van der Waals surface area contributed by atoms with Crippen LogP contribution in [0.4, 0.5) is 5.69 Å². The molecular weight excluding hydrogens is 408 g/mol. The first kappa shape index (κ1) is 20.9. The molecule has 0 unspecified atom stereocenters. The first-order valence-electron chi connectivity index (χ1n) is 9.88. The summed E-state index contributed by atoms with van der Waals surface area (Å²) in [6, 6.07) is 22.4. The van der Waals surface area contributed by atoms with Crippen molar-refractivity contribution in [3.8, 4) is 28.5 Å². The van der Waals surface area contributed by atoms with Crippen LogP contribution in [0.2, 0.25) is 0 Å². The summed E-state index contributed by atoms with van der Waals surface area (Å²) in [4.78, 5) is 12.9. The van der Waals surface area contributed by atoms with E-state index in [1.54, 1.807) is 20.3 Å². The topological polar surface area (TPSA) is 98.5 Å². The maximum absolute atomic E-state index is 12.9. The molecule has 8 heteroatoms. The zero-order chi connectivity index (χ0) is 22.5. The Morgan fingerprint density at radius 2 is 1.62 bits per heavy atom. The van der Waals surface area contributed by atoms with Gasteiger partial charge in [0, 0.05) is 5.69 Å². The molecule has 1 aromatic heterocycles. The van der Waals surface area contributed by atoms with E-state index in [4.69, 9.17) is 9.47 Å². The Kier molecular flexibility index (Phi) is 6.03. The summed E-state index contributed by atoms with van der Waals surface area (Å²) in [5, 5.41) is 20.5. The summed E-state index contributed by atoms with van der Waals surface area (Å²) in [5.74, 6) is 0.531. The van der Waals surface area contributed by atoms with Crippen LogP contribution in [0, 0.1) is 0 Å². The third-order valence-electron chi connectivity index (χ3n) is 4.95. The highest BCUT2D eigenvalue weighted by Gasteiger charge is 2.21. The van der Waals surface area contributed by atoms with Gasteiger partial charge >= 0.3 is 0 Å². The molecule has 0 atom stereocenters. The van der Waals surface area contributed by atoms with Crippen LogP contribution in [-0.2, 0) is 6.54 Å². The monoisotopic (exact) mass is 430 g/mol. The van der Waals surface area contributed by atoms with Crippen molar-refractivity contribution in [2.75, 3.05) is 19.5 Å². The SMILES string of the molecule is COc1ccc(Cn2nnc(O)c2C(=O)Nc2cccc(-c3cccc(OC)c3)c2)cc1. The predicted molar refractivity (Wildman–Crippen MR) is 120 cm³/mol. The van der Waals surface area contributed by atoms with E-state index in [2.05, 4.69) is 15.6 Å². The van der Waals surface area contributed by atoms with Crippen LogP contribution in [0.15, 0.2) is 72.8 Å². The van der Waals surface area contributed by atoms with Gasteiger partial charge in [0.25, 0.3) is 11.8 Å². The molecule has 1 heterocycles. The molecule has 0 radical (unpaired) electrons. The van der Waals surface area contributed by atoms with Gasteiger partial charge in [-0.15, -0.1) is 0 Å². The van der Waals surface area contributed by atoms with Crippen LogP contribution in [0.25, 0.3) is 11.1 Å². The smallest absolute Gasteiger partial charge is 0.279 e. The molecule has 0 spiro atoms. The molecule has 0 saturated heterocycles. The minimum absolute atomic E-state index is 0.0207. The van der Waals surface area contributed by atoms with Gasteiger partial charge in [-0.2, -0.15) is 0 Å². The Balaban J connectivity index is 1.55. The molecular formula is C24H22N4O4. The van der Waals surface area contributed by atoms with E-state index in [-0.39, 0.29) is 12.2 Å². The summed E-state index contributed by atoms with van der Waals surface area (Å²) >= 11 is 0. The highest BCUT2D eigenvalue weighted by Crippen LogP contribution is 2.26. The first-order chi connectivity index (χ1) is 15.6. The van der Waals surface area contributed by atoms with Crippen molar-refractivity contribution in [2.45, 2.75) is 6.54 Å². The van der Waals surface area contributed by atoms with Crippen molar-refractivity contribution in [3.63, 3.8) is 0 Å². The Bertz CT molecular complexity index is 1230. The van der Waals surface area contributed by atoms with Gasteiger partial charge in [0.2, 0.25) is 0 Å². The second-order valence-electron chi connectivity index (χ2n) is 7.03. The lowest BCUT2D eigenvalue weighted by Crippen LogP contribution is -2.18. The van der Waals surface area contributed by atoms with E-state index in [1.165, 1.54) is 4.68 Å². The maximum Gasteiger partial charge on any atom is 0.279 e. The molecule has 0 fully saturated rings. The van der Waals surface area contributed by atoms with Crippen LogP contribution in [0.1, 0.15) is 16.1 Å². The van der Waals surface area contributed by atoms with Gasteiger partial charge in [0.05, 0.1) is 20.8 Å². The van der Waals surface area contributed by atoms with Gasteiger partial charge in [0.1, 0.15) is 11.5 Å².